The van der Waals surface area contributed by atoms with Gasteiger partial charge in [0.05, 0.1) is 16.1 Å². The van der Waals surface area contributed by atoms with Gasteiger partial charge in [-0.2, -0.15) is 0 Å². The Morgan fingerprint density at radius 1 is 1.47 bits per heavy atom. The maximum absolute atomic E-state index is 11.0. The van der Waals surface area contributed by atoms with E-state index in [1.807, 2.05) is 0 Å². The minimum atomic E-state index is -1.23. The Kier molecular flexibility index (Phi) is 5.25. The molecule has 0 fully saturated rings. The van der Waals surface area contributed by atoms with Gasteiger partial charge in [-0.1, -0.05) is 30.0 Å². The third-order valence-corrected chi connectivity index (χ3v) is 2.94. The third kappa shape index (κ3) is 4.22. The molecule has 0 amide bonds. The molecule has 0 atom stereocenters. The molecule has 19 heavy (non-hydrogen) atoms. The molecule has 1 aromatic rings. The molecule has 7 heteroatoms. The number of aromatic carboxylic acids is 1. The third-order valence-electron chi connectivity index (χ3n) is 2.18. The lowest BCUT2D eigenvalue weighted by atomic mass is 10.1. The lowest BCUT2D eigenvalue weighted by Gasteiger charge is -2.02. The van der Waals surface area contributed by atoms with Crippen LogP contribution in [0, 0.1) is 10.1 Å². The summed E-state index contributed by atoms with van der Waals surface area (Å²) in [4.78, 5) is 32.0. The van der Waals surface area contributed by atoms with Crippen LogP contribution in [0.15, 0.2) is 24.3 Å². The second kappa shape index (κ2) is 6.69. The van der Waals surface area contributed by atoms with E-state index >= 15 is 0 Å². The summed E-state index contributed by atoms with van der Waals surface area (Å²) in [5.74, 6) is -0.900. The number of nitrogens with zero attached hydrogens (tertiary/aromatic N) is 1. The maximum atomic E-state index is 11.0. The van der Waals surface area contributed by atoms with Crippen molar-refractivity contribution < 1.29 is 19.6 Å². The first-order valence-corrected chi connectivity index (χ1v) is 6.22. The summed E-state index contributed by atoms with van der Waals surface area (Å²) in [5.41, 5.74) is -0.383. The molecule has 0 radical (unpaired) electrons. The first kappa shape index (κ1) is 14.9. The number of benzene rings is 1. The van der Waals surface area contributed by atoms with E-state index < -0.39 is 10.9 Å². The molecule has 0 unspecified atom stereocenters. The van der Waals surface area contributed by atoms with Crippen LogP contribution in [0.5, 0.6) is 0 Å². The van der Waals surface area contributed by atoms with Crippen LogP contribution < -0.4 is 0 Å². The summed E-state index contributed by atoms with van der Waals surface area (Å²) in [6.07, 6.45) is 2.89. The number of nitro benzene ring substituents is 1. The van der Waals surface area contributed by atoms with Crippen molar-refractivity contribution in [3.63, 3.8) is 0 Å². The molecule has 0 aliphatic heterocycles. The van der Waals surface area contributed by atoms with Crippen LogP contribution >= 0.6 is 11.8 Å². The van der Waals surface area contributed by atoms with Crippen molar-refractivity contribution in [3.8, 4) is 0 Å². The first-order valence-electron chi connectivity index (χ1n) is 5.24. The standard InChI is InChI=1S/C12H11NO5S/c1-8(14)19-7-3-5-9-10(12(15)16)4-2-6-11(9)13(17)18/h2-6H,7H2,1H3,(H,15,16). The van der Waals surface area contributed by atoms with E-state index in [1.54, 1.807) is 0 Å². The van der Waals surface area contributed by atoms with Gasteiger partial charge in [0.25, 0.3) is 5.69 Å². The fraction of sp³-hybridized carbons (Fsp3) is 0.167. The second-order valence-corrected chi connectivity index (χ2v) is 4.70. The Balaban J connectivity index is 3.11. The van der Waals surface area contributed by atoms with Crippen molar-refractivity contribution in [3.05, 3.63) is 45.5 Å². The monoisotopic (exact) mass is 281 g/mol. The van der Waals surface area contributed by atoms with Crippen molar-refractivity contribution in [2.24, 2.45) is 0 Å². The lowest BCUT2D eigenvalue weighted by molar-refractivity contribution is -0.385. The second-order valence-electron chi connectivity index (χ2n) is 3.51. The summed E-state index contributed by atoms with van der Waals surface area (Å²) < 4.78 is 0. The minimum absolute atomic E-state index is 0.0316. The molecule has 0 aliphatic rings. The highest BCUT2D eigenvalue weighted by Gasteiger charge is 2.18. The van der Waals surface area contributed by atoms with Gasteiger partial charge in [-0.3, -0.25) is 14.9 Å². The topological polar surface area (TPSA) is 97.5 Å². The van der Waals surface area contributed by atoms with Crippen LogP contribution in [0.25, 0.3) is 6.08 Å². The zero-order valence-corrected chi connectivity index (χ0v) is 10.8. The quantitative estimate of drug-likeness (QED) is 0.658. The molecule has 0 saturated heterocycles. The molecule has 1 aromatic carbocycles. The number of nitro groups is 1. The number of carbonyl (C=O) groups excluding carboxylic acids is 1. The predicted octanol–water partition coefficient (Wildman–Crippen LogP) is 2.59. The Morgan fingerprint density at radius 3 is 2.68 bits per heavy atom. The largest absolute Gasteiger partial charge is 0.478 e. The van der Waals surface area contributed by atoms with Crippen molar-refractivity contribution in [1.29, 1.82) is 0 Å². The van der Waals surface area contributed by atoms with E-state index in [2.05, 4.69) is 0 Å². The Labute approximate surface area is 113 Å². The molecule has 0 spiro atoms. The SMILES string of the molecule is CC(=O)SCC=Cc1c(C(=O)O)cccc1[N+](=O)[O-]. The van der Waals surface area contributed by atoms with Crippen LogP contribution in [0.1, 0.15) is 22.8 Å². The van der Waals surface area contributed by atoms with E-state index in [1.165, 1.54) is 37.3 Å². The number of carboxylic acid groups (broad SMARTS) is 1. The normalized spacial score (nSPS) is 10.6. The molecule has 0 saturated carbocycles. The molecule has 6 nitrogen and oxygen atoms in total. The summed E-state index contributed by atoms with van der Waals surface area (Å²) in [5, 5.41) is 19.8. The fourth-order valence-corrected chi connectivity index (χ4v) is 1.83. The number of hydrogen-bond acceptors (Lipinski definition) is 5. The molecule has 0 aliphatic carbocycles. The molecule has 0 aromatic heterocycles. The number of hydrogen-bond donors (Lipinski definition) is 1. The Morgan fingerprint density at radius 2 is 2.16 bits per heavy atom. The van der Waals surface area contributed by atoms with E-state index in [9.17, 15) is 19.7 Å². The number of rotatable bonds is 5. The van der Waals surface area contributed by atoms with E-state index in [4.69, 9.17) is 5.11 Å². The highest BCUT2D eigenvalue weighted by Crippen LogP contribution is 2.24. The van der Waals surface area contributed by atoms with Gasteiger partial charge >= 0.3 is 5.97 Å². The van der Waals surface area contributed by atoms with Gasteiger partial charge < -0.3 is 5.11 Å². The highest BCUT2D eigenvalue weighted by atomic mass is 32.2. The van der Waals surface area contributed by atoms with Crippen LogP contribution in [-0.4, -0.2) is 26.9 Å². The lowest BCUT2D eigenvalue weighted by Crippen LogP contribution is -2.02. The summed E-state index contributed by atoms with van der Waals surface area (Å²) in [6, 6.07) is 3.86. The zero-order chi connectivity index (χ0) is 14.4. The fourth-order valence-electron chi connectivity index (χ4n) is 1.41. The summed E-state index contributed by atoms with van der Waals surface area (Å²) in [6.45, 7) is 1.41. The molecule has 100 valence electrons. The molecular weight excluding hydrogens is 270 g/mol. The Bertz CT molecular complexity index is 521. The molecule has 0 bridgehead atoms. The van der Waals surface area contributed by atoms with Gasteiger partial charge in [-0.15, -0.1) is 0 Å². The molecule has 1 rings (SSSR count). The number of carbonyl (C=O) groups is 2. The van der Waals surface area contributed by atoms with Crippen molar-refractivity contribution in [2.75, 3.05) is 5.75 Å². The van der Waals surface area contributed by atoms with Crippen molar-refractivity contribution in [2.45, 2.75) is 6.92 Å². The van der Waals surface area contributed by atoms with Gasteiger partial charge in [-0.05, 0) is 6.07 Å². The zero-order valence-electron chi connectivity index (χ0n) is 10.0. The van der Waals surface area contributed by atoms with Gasteiger partial charge in [0, 0.05) is 18.7 Å². The van der Waals surface area contributed by atoms with Crippen LogP contribution in [0.2, 0.25) is 0 Å². The summed E-state index contributed by atoms with van der Waals surface area (Å²) >= 11 is 1.04. The van der Waals surface area contributed by atoms with Crippen LogP contribution in [-0.2, 0) is 4.79 Å². The van der Waals surface area contributed by atoms with Gasteiger partial charge in [0.2, 0.25) is 0 Å². The van der Waals surface area contributed by atoms with Crippen molar-refractivity contribution >= 4 is 34.6 Å². The van der Waals surface area contributed by atoms with Gasteiger partial charge in [0.1, 0.15) is 0 Å². The van der Waals surface area contributed by atoms with E-state index in [0.717, 1.165) is 11.8 Å². The maximum Gasteiger partial charge on any atom is 0.336 e. The predicted molar refractivity (Wildman–Crippen MR) is 72.2 cm³/mol. The summed E-state index contributed by atoms with van der Waals surface area (Å²) in [7, 11) is 0. The van der Waals surface area contributed by atoms with E-state index in [0.29, 0.717) is 5.75 Å². The van der Waals surface area contributed by atoms with Crippen LogP contribution in [0.3, 0.4) is 0 Å². The highest BCUT2D eigenvalue weighted by molar-refractivity contribution is 8.13. The average molecular weight is 281 g/mol. The molecular formula is C12H11NO5S. The van der Waals surface area contributed by atoms with Crippen LogP contribution in [0.4, 0.5) is 5.69 Å². The first-order chi connectivity index (χ1) is 8.93. The number of thioether (sulfide) groups is 1. The molecule has 0 heterocycles. The molecule has 1 N–H and O–H groups in total. The number of carboxylic acids is 1. The average Bonchev–Trinajstić information content (AvgIpc) is 2.33. The minimum Gasteiger partial charge on any atom is -0.478 e. The van der Waals surface area contributed by atoms with Gasteiger partial charge in [0.15, 0.2) is 5.12 Å². The van der Waals surface area contributed by atoms with E-state index in [-0.39, 0.29) is 21.9 Å². The van der Waals surface area contributed by atoms with Gasteiger partial charge in [-0.25, -0.2) is 4.79 Å². The Hall–Kier alpha value is -2.15. The van der Waals surface area contributed by atoms with Crippen molar-refractivity contribution in [1.82, 2.24) is 0 Å². The smallest absolute Gasteiger partial charge is 0.336 e.